The van der Waals surface area contributed by atoms with Crippen LogP contribution in [0.15, 0.2) is 24.3 Å². The molecule has 1 heterocycles. The fourth-order valence-corrected chi connectivity index (χ4v) is 2.00. The van der Waals surface area contributed by atoms with Gasteiger partial charge in [0.15, 0.2) is 5.11 Å². The lowest BCUT2D eigenvalue weighted by atomic mass is 10.2. The van der Waals surface area contributed by atoms with Gasteiger partial charge in [0.05, 0.1) is 18.8 Å². The molecule has 1 aromatic carbocycles. The van der Waals surface area contributed by atoms with Crippen molar-refractivity contribution in [3.63, 3.8) is 0 Å². The lowest BCUT2D eigenvalue weighted by Gasteiger charge is -2.28. The minimum absolute atomic E-state index is 0.256. The van der Waals surface area contributed by atoms with Gasteiger partial charge in [-0.3, -0.25) is 5.43 Å². The van der Waals surface area contributed by atoms with Crippen LogP contribution >= 0.6 is 12.2 Å². The molecule has 1 fully saturated rings. The average Bonchev–Trinajstić information content (AvgIpc) is 2.39. The van der Waals surface area contributed by atoms with Crippen molar-refractivity contribution in [1.82, 2.24) is 10.4 Å². The number of halogens is 3. The Morgan fingerprint density at radius 3 is 2.60 bits per heavy atom. The van der Waals surface area contributed by atoms with Gasteiger partial charge in [-0.25, -0.2) is 5.01 Å². The van der Waals surface area contributed by atoms with Gasteiger partial charge in [0.2, 0.25) is 0 Å². The highest BCUT2D eigenvalue weighted by molar-refractivity contribution is 7.80. The number of ether oxygens (including phenoxy) is 1. The zero-order valence-corrected chi connectivity index (χ0v) is 11.4. The Morgan fingerprint density at radius 1 is 1.25 bits per heavy atom. The number of morpholine rings is 1. The van der Waals surface area contributed by atoms with E-state index >= 15 is 0 Å². The molecule has 0 atom stereocenters. The molecule has 8 heteroatoms. The fraction of sp³-hybridized carbons (Fsp3) is 0.417. The highest BCUT2D eigenvalue weighted by Crippen LogP contribution is 2.30. The molecule has 0 aromatic heterocycles. The number of hydrogen-bond donors (Lipinski definition) is 2. The van der Waals surface area contributed by atoms with E-state index < -0.39 is 11.7 Å². The summed E-state index contributed by atoms with van der Waals surface area (Å²) in [6.45, 7) is 2.53. The van der Waals surface area contributed by atoms with Crippen LogP contribution in [0.2, 0.25) is 0 Å². The van der Waals surface area contributed by atoms with Crippen LogP contribution in [-0.4, -0.2) is 36.4 Å². The van der Waals surface area contributed by atoms with Crippen molar-refractivity contribution in [3.05, 3.63) is 29.8 Å². The molecule has 1 aliphatic heterocycles. The molecule has 0 aliphatic carbocycles. The zero-order chi connectivity index (χ0) is 14.6. The molecule has 1 aromatic rings. The fourth-order valence-electron chi connectivity index (χ4n) is 1.75. The summed E-state index contributed by atoms with van der Waals surface area (Å²) < 4.78 is 42.9. The molecule has 0 amide bonds. The summed E-state index contributed by atoms with van der Waals surface area (Å²) >= 11 is 5.07. The number of alkyl halides is 3. The predicted molar refractivity (Wildman–Crippen MR) is 73.2 cm³/mol. The first-order valence-electron chi connectivity index (χ1n) is 6.03. The molecule has 2 rings (SSSR count). The largest absolute Gasteiger partial charge is 0.416 e. The lowest BCUT2D eigenvalue weighted by Crippen LogP contribution is -2.49. The molecule has 4 nitrogen and oxygen atoms in total. The molecule has 1 saturated heterocycles. The topological polar surface area (TPSA) is 36.5 Å². The molecule has 0 radical (unpaired) electrons. The highest BCUT2D eigenvalue weighted by Gasteiger charge is 2.30. The van der Waals surface area contributed by atoms with E-state index in [1.54, 1.807) is 0 Å². The summed E-state index contributed by atoms with van der Waals surface area (Å²) in [4.78, 5) is 0. The summed E-state index contributed by atoms with van der Waals surface area (Å²) in [5.74, 6) is 0. The van der Waals surface area contributed by atoms with Gasteiger partial charge in [0, 0.05) is 18.8 Å². The number of hydrazine groups is 1. The van der Waals surface area contributed by atoms with Gasteiger partial charge in [-0.2, -0.15) is 13.2 Å². The monoisotopic (exact) mass is 305 g/mol. The quantitative estimate of drug-likeness (QED) is 0.820. The molecular formula is C12H14F3N3OS. The lowest BCUT2D eigenvalue weighted by molar-refractivity contribution is -0.137. The standard InChI is InChI=1S/C12H14F3N3OS/c13-12(14,15)9-2-1-3-10(8-9)16-11(20)17-18-4-6-19-7-5-18/h1-3,8H,4-7H2,(H2,16,17,20). The van der Waals surface area contributed by atoms with Crippen molar-refractivity contribution in [3.8, 4) is 0 Å². The van der Waals surface area contributed by atoms with Crippen molar-refractivity contribution in [1.29, 1.82) is 0 Å². The Kier molecular flexibility index (Phi) is 4.79. The smallest absolute Gasteiger partial charge is 0.379 e. The van der Waals surface area contributed by atoms with Gasteiger partial charge in [-0.05, 0) is 30.4 Å². The minimum atomic E-state index is -4.36. The predicted octanol–water partition coefficient (Wildman–Crippen LogP) is 2.24. The first-order valence-corrected chi connectivity index (χ1v) is 6.43. The number of thiocarbonyl (C=S) groups is 1. The molecule has 20 heavy (non-hydrogen) atoms. The number of anilines is 1. The van der Waals surface area contributed by atoms with E-state index in [1.807, 2.05) is 5.01 Å². The van der Waals surface area contributed by atoms with E-state index in [-0.39, 0.29) is 5.11 Å². The summed E-state index contributed by atoms with van der Waals surface area (Å²) in [6, 6.07) is 4.90. The first kappa shape index (κ1) is 15.0. The van der Waals surface area contributed by atoms with Crippen LogP contribution in [0.1, 0.15) is 5.56 Å². The van der Waals surface area contributed by atoms with Crippen molar-refractivity contribution in [2.75, 3.05) is 31.6 Å². The number of nitrogens with zero attached hydrogens (tertiary/aromatic N) is 1. The second-order valence-electron chi connectivity index (χ2n) is 4.24. The number of rotatable bonds is 2. The van der Waals surface area contributed by atoms with Crippen molar-refractivity contribution in [2.24, 2.45) is 0 Å². The van der Waals surface area contributed by atoms with Crippen molar-refractivity contribution in [2.45, 2.75) is 6.18 Å². The summed E-state index contributed by atoms with van der Waals surface area (Å²) in [6.07, 6.45) is -4.36. The second-order valence-corrected chi connectivity index (χ2v) is 4.65. The van der Waals surface area contributed by atoms with E-state index in [4.69, 9.17) is 17.0 Å². The maximum absolute atomic E-state index is 12.6. The van der Waals surface area contributed by atoms with E-state index in [0.717, 1.165) is 12.1 Å². The van der Waals surface area contributed by atoms with E-state index in [0.29, 0.717) is 32.0 Å². The van der Waals surface area contributed by atoms with Crippen LogP contribution in [0.3, 0.4) is 0 Å². The number of benzene rings is 1. The van der Waals surface area contributed by atoms with Crippen LogP contribution in [0.5, 0.6) is 0 Å². The van der Waals surface area contributed by atoms with E-state index in [2.05, 4.69) is 10.7 Å². The van der Waals surface area contributed by atoms with Crippen LogP contribution in [0.4, 0.5) is 18.9 Å². The van der Waals surface area contributed by atoms with Crippen LogP contribution < -0.4 is 10.7 Å². The molecule has 0 spiro atoms. The Labute approximate surface area is 119 Å². The van der Waals surface area contributed by atoms with E-state index in [1.165, 1.54) is 12.1 Å². The molecule has 110 valence electrons. The Morgan fingerprint density at radius 2 is 1.95 bits per heavy atom. The maximum Gasteiger partial charge on any atom is 0.416 e. The Hall–Kier alpha value is -1.38. The maximum atomic E-state index is 12.6. The Bertz CT molecular complexity index is 475. The van der Waals surface area contributed by atoms with Gasteiger partial charge in [-0.1, -0.05) is 6.07 Å². The summed E-state index contributed by atoms with van der Waals surface area (Å²) in [7, 11) is 0. The molecular weight excluding hydrogens is 291 g/mol. The van der Waals surface area contributed by atoms with Gasteiger partial charge >= 0.3 is 6.18 Å². The van der Waals surface area contributed by atoms with E-state index in [9.17, 15) is 13.2 Å². The Balaban J connectivity index is 1.93. The average molecular weight is 305 g/mol. The number of hydrogen-bond acceptors (Lipinski definition) is 3. The van der Waals surface area contributed by atoms with Gasteiger partial charge in [0.1, 0.15) is 0 Å². The zero-order valence-electron chi connectivity index (χ0n) is 10.5. The molecule has 2 N–H and O–H groups in total. The minimum Gasteiger partial charge on any atom is -0.379 e. The normalized spacial score (nSPS) is 16.8. The van der Waals surface area contributed by atoms with Crippen LogP contribution in [0, 0.1) is 0 Å². The third kappa shape index (κ3) is 4.32. The summed E-state index contributed by atoms with van der Waals surface area (Å²) in [5.41, 5.74) is 2.50. The van der Waals surface area contributed by atoms with Gasteiger partial charge in [-0.15, -0.1) is 0 Å². The number of nitrogens with one attached hydrogen (secondary N) is 2. The highest BCUT2D eigenvalue weighted by atomic mass is 32.1. The third-order valence-corrected chi connectivity index (χ3v) is 2.91. The first-order chi connectivity index (χ1) is 9.45. The third-order valence-electron chi connectivity index (χ3n) is 2.72. The van der Waals surface area contributed by atoms with Crippen molar-refractivity contribution >= 4 is 23.0 Å². The second kappa shape index (κ2) is 6.38. The van der Waals surface area contributed by atoms with Gasteiger partial charge in [0.25, 0.3) is 0 Å². The van der Waals surface area contributed by atoms with Crippen LogP contribution in [0.25, 0.3) is 0 Å². The molecule has 1 aliphatic rings. The molecule has 0 saturated carbocycles. The summed E-state index contributed by atoms with van der Waals surface area (Å²) in [5, 5.41) is 4.85. The SMILES string of the molecule is FC(F)(F)c1cccc(NC(=S)NN2CCOCC2)c1. The van der Waals surface area contributed by atoms with Crippen LogP contribution in [-0.2, 0) is 10.9 Å². The van der Waals surface area contributed by atoms with Gasteiger partial charge < -0.3 is 10.1 Å². The van der Waals surface area contributed by atoms with Crippen molar-refractivity contribution < 1.29 is 17.9 Å². The molecule has 0 bridgehead atoms. The molecule has 0 unspecified atom stereocenters.